The molecule has 0 aliphatic rings. The Morgan fingerprint density at radius 3 is 2.32 bits per heavy atom. The fourth-order valence-corrected chi connectivity index (χ4v) is 2.48. The van der Waals surface area contributed by atoms with Gasteiger partial charge in [-0.05, 0) is 28.0 Å². The summed E-state index contributed by atoms with van der Waals surface area (Å²) in [6.07, 6.45) is 0. The minimum absolute atomic E-state index is 0.0625. The molecule has 0 saturated carbocycles. The van der Waals surface area contributed by atoms with E-state index in [-0.39, 0.29) is 17.4 Å². The largest absolute Gasteiger partial charge is 0.345 e. The minimum atomic E-state index is -0.386. The first-order chi connectivity index (χ1) is 8.98. The van der Waals surface area contributed by atoms with Crippen molar-refractivity contribution in [3.8, 4) is 0 Å². The standard InChI is InChI=1S/C16H19NOS/c1-16(2,3)15(18)17-14(13-9-10-19-11-13)12-7-5-4-6-8-12/h4-11,14H,1-3H3,(H,17,18)/t14-/m0/s1. The first kappa shape index (κ1) is 13.8. The predicted octanol–water partition coefficient (Wildman–Crippen LogP) is 4.00. The van der Waals surface area contributed by atoms with Gasteiger partial charge in [0, 0.05) is 5.41 Å². The SMILES string of the molecule is CC(C)(C)C(=O)N[C@@H](c1ccccc1)c1ccsc1. The van der Waals surface area contributed by atoms with Crippen LogP contribution >= 0.6 is 11.3 Å². The van der Waals surface area contributed by atoms with E-state index >= 15 is 0 Å². The molecule has 0 saturated heterocycles. The van der Waals surface area contributed by atoms with E-state index in [1.165, 1.54) is 0 Å². The van der Waals surface area contributed by atoms with E-state index in [2.05, 4.69) is 16.8 Å². The molecule has 1 atom stereocenters. The zero-order valence-electron chi connectivity index (χ0n) is 11.5. The molecule has 0 radical (unpaired) electrons. The molecule has 0 aliphatic heterocycles. The van der Waals surface area contributed by atoms with Gasteiger partial charge in [0.05, 0.1) is 6.04 Å². The highest BCUT2D eigenvalue weighted by atomic mass is 32.1. The van der Waals surface area contributed by atoms with Crippen LogP contribution in [0, 0.1) is 5.41 Å². The van der Waals surface area contributed by atoms with Crippen molar-refractivity contribution in [2.75, 3.05) is 0 Å². The molecule has 1 aromatic carbocycles. The van der Waals surface area contributed by atoms with Crippen molar-refractivity contribution in [1.82, 2.24) is 5.32 Å². The van der Waals surface area contributed by atoms with Crippen molar-refractivity contribution < 1.29 is 4.79 Å². The molecule has 0 fully saturated rings. The average molecular weight is 273 g/mol. The highest BCUT2D eigenvalue weighted by Crippen LogP contribution is 2.25. The Kier molecular flexibility index (Phi) is 4.05. The van der Waals surface area contributed by atoms with Gasteiger partial charge in [-0.2, -0.15) is 11.3 Å². The van der Waals surface area contributed by atoms with E-state index < -0.39 is 0 Å². The predicted molar refractivity (Wildman–Crippen MR) is 80.2 cm³/mol. The second-order valence-electron chi connectivity index (χ2n) is 5.62. The maximum absolute atomic E-state index is 12.2. The summed E-state index contributed by atoms with van der Waals surface area (Å²) in [5, 5.41) is 7.26. The quantitative estimate of drug-likeness (QED) is 0.899. The molecule has 1 heterocycles. The molecule has 19 heavy (non-hydrogen) atoms. The molecule has 0 aliphatic carbocycles. The van der Waals surface area contributed by atoms with Gasteiger partial charge in [-0.1, -0.05) is 51.1 Å². The van der Waals surface area contributed by atoms with Crippen molar-refractivity contribution in [3.63, 3.8) is 0 Å². The molecule has 3 heteroatoms. The van der Waals surface area contributed by atoms with Crippen LogP contribution in [0.1, 0.15) is 37.9 Å². The Morgan fingerprint density at radius 1 is 1.11 bits per heavy atom. The zero-order chi connectivity index (χ0) is 13.9. The van der Waals surface area contributed by atoms with E-state index in [0.717, 1.165) is 11.1 Å². The number of rotatable bonds is 3. The zero-order valence-corrected chi connectivity index (χ0v) is 12.3. The lowest BCUT2D eigenvalue weighted by Crippen LogP contribution is -2.37. The summed E-state index contributed by atoms with van der Waals surface area (Å²) in [6.45, 7) is 5.79. The maximum atomic E-state index is 12.2. The van der Waals surface area contributed by atoms with Crippen molar-refractivity contribution in [3.05, 3.63) is 58.3 Å². The number of thiophene rings is 1. The van der Waals surface area contributed by atoms with Crippen LogP contribution in [0.5, 0.6) is 0 Å². The van der Waals surface area contributed by atoms with Gasteiger partial charge in [-0.3, -0.25) is 4.79 Å². The third-order valence-electron chi connectivity index (χ3n) is 2.97. The summed E-state index contributed by atoms with van der Waals surface area (Å²) in [6, 6.07) is 12.1. The molecule has 1 amide bonds. The molecule has 1 aromatic heterocycles. The van der Waals surface area contributed by atoms with Crippen LogP contribution < -0.4 is 5.32 Å². The third-order valence-corrected chi connectivity index (χ3v) is 3.67. The van der Waals surface area contributed by atoms with Crippen molar-refractivity contribution in [1.29, 1.82) is 0 Å². The van der Waals surface area contributed by atoms with Crippen LogP contribution in [0.4, 0.5) is 0 Å². The highest BCUT2D eigenvalue weighted by Gasteiger charge is 2.25. The molecule has 2 rings (SSSR count). The summed E-state index contributed by atoms with van der Waals surface area (Å²) in [5.41, 5.74) is 1.86. The summed E-state index contributed by atoms with van der Waals surface area (Å²) in [4.78, 5) is 12.2. The van der Waals surface area contributed by atoms with Gasteiger partial charge in [-0.15, -0.1) is 0 Å². The molecule has 0 unspecified atom stereocenters. The Labute approximate surface area is 118 Å². The molecule has 0 spiro atoms. The molecular weight excluding hydrogens is 254 g/mol. The lowest BCUT2D eigenvalue weighted by atomic mass is 9.93. The van der Waals surface area contributed by atoms with E-state index in [9.17, 15) is 4.79 Å². The summed E-state index contributed by atoms with van der Waals surface area (Å²) >= 11 is 1.65. The number of nitrogens with one attached hydrogen (secondary N) is 1. The second kappa shape index (κ2) is 5.57. The van der Waals surface area contributed by atoms with Gasteiger partial charge in [0.1, 0.15) is 0 Å². The number of benzene rings is 1. The molecule has 2 aromatic rings. The summed E-state index contributed by atoms with van der Waals surface area (Å²) in [5.74, 6) is 0.0625. The lowest BCUT2D eigenvalue weighted by Gasteiger charge is -2.24. The van der Waals surface area contributed by atoms with Gasteiger partial charge >= 0.3 is 0 Å². The monoisotopic (exact) mass is 273 g/mol. The van der Waals surface area contributed by atoms with E-state index in [0.29, 0.717) is 0 Å². The van der Waals surface area contributed by atoms with Crippen LogP contribution in [0.25, 0.3) is 0 Å². The van der Waals surface area contributed by atoms with Crippen molar-refractivity contribution in [2.45, 2.75) is 26.8 Å². The Hall–Kier alpha value is -1.61. The van der Waals surface area contributed by atoms with Crippen LogP contribution in [0.3, 0.4) is 0 Å². The number of carbonyl (C=O) groups excluding carboxylic acids is 1. The van der Waals surface area contributed by atoms with E-state index in [1.807, 2.05) is 56.5 Å². The number of carbonyl (C=O) groups is 1. The van der Waals surface area contributed by atoms with Gasteiger partial charge in [0.25, 0.3) is 0 Å². The summed E-state index contributed by atoms with van der Waals surface area (Å²) in [7, 11) is 0. The Morgan fingerprint density at radius 2 is 1.79 bits per heavy atom. The van der Waals surface area contributed by atoms with Gasteiger partial charge in [0.2, 0.25) is 5.91 Å². The van der Waals surface area contributed by atoms with E-state index in [1.54, 1.807) is 11.3 Å². The molecule has 0 bridgehead atoms. The van der Waals surface area contributed by atoms with Crippen LogP contribution in [-0.4, -0.2) is 5.91 Å². The fourth-order valence-electron chi connectivity index (χ4n) is 1.79. The normalized spacial score (nSPS) is 13.0. The number of amides is 1. The van der Waals surface area contributed by atoms with Crippen molar-refractivity contribution >= 4 is 17.2 Å². The fraction of sp³-hybridized carbons (Fsp3) is 0.312. The first-order valence-corrected chi connectivity index (χ1v) is 7.31. The topological polar surface area (TPSA) is 29.1 Å². The highest BCUT2D eigenvalue weighted by molar-refractivity contribution is 7.08. The first-order valence-electron chi connectivity index (χ1n) is 6.36. The lowest BCUT2D eigenvalue weighted by molar-refractivity contribution is -0.129. The molecule has 100 valence electrons. The van der Waals surface area contributed by atoms with Crippen LogP contribution in [0.15, 0.2) is 47.2 Å². The molecule has 1 N–H and O–H groups in total. The van der Waals surface area contributed by atoms with Crippen LogP contribution in [-0.2, 0) is 4.79 Å². The van der Waals surface area contributed by atoms with Gasteiger partial charge in [-0.25, -0.2) is 0 Å². The maximum Gasteiger partial charge on any atom is 0.226 e. The van der Waals surface area contributed by atoms with E-state index in [4.69, 9.17) is 0 Å². The van der Waals surface area contributed by atoms with Crippen molar-refractivity contribution in [2.24, 2.45) is 5.41 Å². The molecular formula is C16H19NOS. The Balaban J connectivity index is 2.29. The molecule has 2 nitrogen and oxygen atoms in total. The van der Waals surface area contributed by atoms with Gasteiger partial charge in [0.15, 0.2) is 0 Å². The third kappa shape index (κ3) is 3.44. The average Bonchev–Trinajstić information content (AvgIpc) is 2.89. The summed E-state index contributed by atoms with van der Waals surface area (Å²) < 4.78 is 0. The van der Waals surface area contributed by atoms with Gasteiger partial charge < -0.3 is 5.32 Å². The minimum Gasteiger partial charge on any atom is -0.345 e. The number of hydrogen-bond donors (Lipinski definition) is 1. The smallest absolute Gasteiger partial charge is 0.226 e. The van der Waals surface area contributed by atoms with Crippen LogP contribution in [0.2, 0.25) is 0 Å². The number of hydrogen-bond acceptors (Lipinski definition) is 2. The Bertz CT molecular complexity index is 526. The second-order valence-corrected chi connectivity index (χ2v) is 6.40.